The quantitative estimate of drug-likeness (QED) is 0.202. The first-order valence-corrected chi connectivity index (χ1v) is 14.8. The van der Waals surface area contributed by atoms with E-state index in [1.807, 2.05) is 72.8 Å². The van der Waals surface area contributed by atoms with E-state index in [0.29, 0.717) is 31.9 Å². The first-order chi connectivity index (χ1) is 22.0. The van der Waals surface area contributed by atoms with Gasteiger partial charge in [0.25, 0.3) is 0 Å². The van der Waals surface area contributed by atoms with Gasteiger partial charge >= 0.3 is 12.1 Å². The molecule has 0 saturated heterocycles. The first kappa shape index (κ1) is 29.6. The summed E-state index contributed by atoms with van der Waals surface area (Å²) in [5.74, 6) is -1.31. The summed E-state index contributed by atoms with van der Waals surface area (Å²) in [6, 6.07) is 26.5. The molecule has 2 N–H and O–H groups in total. The van der Waals surface area contributed by atoms with Crippen LogP contribution < -0.4 is 5.32 Å². The van der Waals surface area contributed by atoms with Gasteiger partial charge in [-0.2, -0.15) is 0 Å². The fourth-order valence-corrected chi connectivity index (χ4v) is 5.63. The Kier molecular flexibility index (Phi) is 9.16. The number of alkyl carbamates (subject to hydrolysis) is 1. The summed E-state index contributed by atoms with van der Waals surface area (Å²) in [5, 5.41) is 20.7. The number of rotatable bonds is 13. The van der Waals surface area contributed by atoms with Crippen molar-refractivity contribution in [2.75, 3.05) is 13.2 Å². The molecule has 0 unspecified atom stereocenters. The van der Waals surface area contributed by atoms with Crippen molar-refractivity contribution < 1.29 is 19.4 Å². The standard InChI is InChI=1S/C34H33N7O4/c42-33(43)32(37-34(44)45-23-31-29-13-3-1-11-27(29)28-12-2-4-14-30(28)31)19-26-22-41(39-38-26)18-17-40(20-24-9-5-7-15-35-24)21-25-10-6-8-16-36-25/h1-16,22,31-32H,17-21,23H2,(H,37,44)(H,42,43)/t32-/m0/s1. The van der Waals surface area contributed by atoms with Crippen LogP contribution in [0.2, 0.25) is 0 Å². The molecule has 11 heteroatoms. The smallest absolute Gasteiger partial charge is 0.407 e. The molecule has 1 amide bonds. The van der Waals surface area contributed by atoms with Crippen LogP contribution in [0.1, 0.15) is 34.1 Å². The average molecular weight is 604 g/mol. The molecule has 2 aromatic carbocycles. The van der Waals surface area contributed by atoms with E-state index in [2.05, 4.69) is 42.6 Å². The number of carbonyl (C=O) groups is 2. The number of amides is 1. The van der Waals surface area contributed by atoms with Crippen LogP contribution in [0, 0.1) is 0 Å². The van der Waals surface area contributed by atoms with Gasteiger partial charge in [-0.25, -0.2) is 9.59 Å². The van der Waals surface area contributed by atoms with E-state index in [9.17, 15) is 14.7 Å². The van der Waals surface area contributed by atoms with Gasteiger partial charge in [-0.1, -0.05) is 65.9 Å². The molecule has 1 aliphatic rings. The summed E-state index contributed by atoms with van der Waals surface area (Å²) in [5.41, 5.74) is 6.72. The number of pyridine rings is 2. The molecule has 228 valence electrons. The minimum absolute atomic E-state index is 0.0366. The number of hydrogen-bond donors (Lipinski definition) is 2. The Morgan fingerprint density at radius 1 is 0.844 bits per heavy atom. The number of carboxylic acid groups (broad SMARTS) is 1. The molecule has 5 aromatic rings. The molecule has 11 nitrogen and oxygen atoms in total. The van der Waals surface area contributed by atoms with Gasteiger partial charge in [0.2, 0.25) is 0 Å². The van der Waals surface area contributed by atoms with Gasteiger partial charge in [0.15, 0.2) is 0 Å². The zero-order valence-corrected chi connectivity index (χ0v) is 24.6. The number of nitrogens with zero attached hydrogens (tertiary/aromatic N) is 6. The molecule has 0 spiro atoms. The number of hydrogen-bond acceptors (Lipinski definition) is 8. The van der Waals surface area contributed by atoms with E-state index in [0.717, 1.165) is 33.6 Å². The van der Waals surface area contributed by atoms with Crippen LogP contribution in [-0.4, -0.2) is 66.2 Å². The van der Waals surface area contributed by atoms with E-state index in [1.54, 1.807) is 23.3 Å². The Bertz CT molecular complexity index is 1660. The third-order valence-electron chi connectivity index (χ3n) is 7.80. The first-order valence-electron chi connectivity index (χ1n) is 14.8. The van der Waals surface area contributed by atoms with Gasteiger partial charge in [0.1, 0.15) is 12.6 Å². The maximum absolute atomic E-state index is 12.8. The summed E-state index contributed by atoms with van der Waals surface area (Å²) in [7, 11) is 0. The van der Waals surface area contributed by atoms with Gasteiger partial charge in [-0.15, -0.1) is 5.10 Å². The van der Waals surface area contributed by atoms with Gasteiger partial charge in [0.05, 0.1) is 23.6 Å². The highest BCUT2D eigenvalue weighted by Gasteiger charge is 2.30. The molecule has 1 aliphatic carbocycles. The third kappa shape index (κ3) is 7.39. The number of benzene rings is 2. The van der Waals surface area contributed by atoms with Crippen molar-refractivity contribution in [3.8, 4) is 11.1 Å². The summed E-state index contributed by atoms with van der Waals surface area (Å²) >= 11 is 0. The van der Waals surface area contributed by atoms with Gasteiger partial charge in [-0.05, 0) is 46.5 Å². The maximum atomic E-state index is 12.8. The van der Waals surface area contributed by atoms with Crippen molar-refractivity contribution in [3.63, 3.8) is 0 Å². The van der Waals surface area contributed by atoms with Gasteiger partial charge in [0, 0.05) is 50.6 Å². The predicted molar refractivity (Wildman–Crippen MR) is 166 cm³/mol. The predicted octanol–water partition coefficient (Wildman–Crippen LogP) is 4.30. The summed E-state index contributed by atoms with van der Waals surface area (Å²) < 4.78 is 7.23. The topological polar surface area (TPSA) is 135 Å². The number of carbonyl (C=O) groups excluding carboxylic acids is 1. The van der Waals surface area contributed by atoms with Crippen molar-refractivity contribution in [2.24, 2.45) is 0 Å². The Balaban J connectivity index is 1.04. The minimum atomic E-state index is -1.23. The zero-order valence-electron chi connectivity index (χ0n) is 24.6. The highest BCUT2D eigenvalue weighted by Crippen LogP contribution is 2.44. The maximum Gasteiger partial charge on any atom is 0.407 e. The lowest BCUT2D eigenvalue weighted by Gasteiger charge is -2.21. The number of aromatic nitrogens is 5. The Morgan fingerprint density at radius 2 is 1.44 bits per heavy atom. The molecule has 0 aliphatic heterocycles. The minimum Gasteiger partial charge on any atom is -0.480 e. The van der Waals surface area contributed by atoms with Crippen molar-refractivity contribution in [1.29, 1.82) is 0 Å². The van der Waals surface area contributed by atoms with E-state index < -0.39 is 18.1 Å². The second kappa shape index (κ2) is 13.9. The lowest BCUT2D eigenvalue weighted by molar-refractivity contribution is -0.139. The highest BCUT2D eigenvalue weighted by atomic mass is 16.5. The van der Waals surface area contributed by atoms with Crippen LogP contribution in [-0.2, 0) is 35.6 Å². The fourth-order valence-electron chi connectivity index (χ4n) is 5.63. The van der Waals surface area contributed by atoms with Crippen LogP contribution >= 0.6 is 0 Å². The van der Waals surface area contributed by atoms with Gasteiger partial charge < -0.3 is 15.2 Å². The molecule has 6 rings (SSSR count). The number of fused-ring (bicyclic) bond motifs is 3. The Hall–Kier alpha value is -5.42. The SMILES string of the molecule is O=C(N[C@@H](Cc1cn(CCN(Cc2ccccn2)Cc2ccccn2)nn1)C(=O)O)OCC1c2ccccc2-c2ccccc21. The Morgan fingerprint density at radius 3 is 2.02 bits per heavy atom. The Labute approximate surface area is 260 Å². The van der Waals surface area contributed by atoms with Crippen LogP contribution in [0.25, 0.3) is 11.1 Å². The fraction of sp³-hybridized carbons (Fsp3) is 0.235. The summed E-state index contributed by atoms with van der Waals surface area (Å²) in [4.78, 5) is 35.9. The molecule has 0 bridgehead atoms. The normalized spacial score (nSPS) is 12.8. The van der Waals surface area contributed by atoms with Gasteiger partial charge in [-0.3, -0.25) is 19.5 Å². The van der Waals surface area contributed by atoms with Crippen LogP contribution in [0.5, 0.6) is 0 Å². The number of ether oxygens (including phenoxy) is 1. The van der Waals surface area contributed by atoms with E-state index in [1.165, 1.54) is 0 Å². The summed E-state index contributed by atoms with van der Waals surface area (Å²) in [6.45, 7) is 2.50. The van der Waals surface area contributed by atoms with E-state index in [4.69, 9.17) is 4.74 Å². The van der Waals surface area contributed by atoms with Crippen molar-refractivity contribution in [3.05, 3.63) is 132 Å². The molecule has 45 heavy (non-hydrogen) atoms. The second-order valence-electron chi connectivity index (χ2n) is 10.9. The van der Waals surface area contributed by atoms with Crippen molar-refractivity contribution >= 4 is 12.1 Å². The van der Waals surface area contributed by atoms with Crippen LogP contribution in [0.3, 0.4) is 0 Å². The monoisotopic (exact) mass is 603 g/mol. The third-order valence-corrected chi connectivity index (χ3v) is 7.80. The molecule has 0 fully saturated rings. The lowest BCUT2D eigenvalue weighted by atomic mass is 9.98. The number of aliphatic carboxylic acids is 1. The molecule has 1 atom stereocenters. The molecular formula is C34H33N7O4. The average Bonchev–Trinajstić information content (AvgIpc) is 3.65. The lowest BCUT2D eigenvalue weighted by Crippen LogP contribution is -2.43. The second-order valence-corrected chi connectivity index (χ2v) is 10.9. The molecular weight excluding hydrogens is 570 g/mol. The molecule has 3 aromatic heterocycles. The molecule has 0 radical (unpaired) electrons. The van der Waals surface area contributed by atoms with E-state index in [-0.39, 0.29) is 18.9 Å². The molecule has 3 heterocycles. The zero-order chi connectivity index (χ0) is 31.0. The van der Waals surface area contributed by atoms with Crippen LogP contribution in [0.15, 0.2) is 104 Å². The number of carboxylic acids is 1. The highest BCUT2D eigenvalue weighted by molar-refractivity contribution is 5.81. The van der Waals surface area contributed by atoms with Crippen LogP contribution in [0.4, 0.5) is 4.79 Å². The van der Waals surface area contributed by atoms with Crippen molar-refractivity contribution in [1.82, 2.24) is 35.2 Å². The van der Waals surface area contributed by atoms with Crippen molar-refractivity contribution in [2.45, 2.75) is 38.0 Å². The molecule has 0 saturated carbocycles. The van der Waals surface area contributed by atoms with E-state index >= 15 is 0 Å². The number of nitrogens with one attached hydrogen (secondary N) is 1. The summed E-state index contributed by atoms with van der Waals surface area (Å²) in [6.07, 6.45) is 4.41. The largest absolute Gasteiger partial charge is 0.480 e.